The van der Waals surface area contributed by atoms with E-state index in [0.717, 1.165) is 78.1 Å². The van der Waals surface area contributed by atoms with Crippen LogP contribution in [0.25, 0.3) is 44.3 Å². The van der Waals surface area contributed by atoms with Crippen LogP contribution in [0.2, 0.25) is 0 Å². The minimum Gasteiger partial charge on any atom is -0.494 e. The average Bonchev–Trinajstić information content (AvgIpc) is 1.64. The number of para-hydroxylation sites is 2. The maximum atomic E-state index is 12.4. The number of nitrogens with one attached hydrogen (secondary N) is 3. The second-order valence-electron chi connectivity index (χ2n) is 18.6. The van der Waals surface area contributed by atoms with Crippen LogP contribution in [-0.2, 0) is 35.5 Å². The number of amides is 1. The third kappa shape index (κ3) is 14.9. The van der Waals surface area contributed by atoms with Crippen molar-refractivity contribution in [2.24, 2.45) is 0 Å². The number of alkyl halides is 1. The Hall–Kier alpha value is -7.90. The molecular weight excluding hydrogens is 1060 g/mol. The van der Waals surface area contributed by atoms with Gasteiger partial charge in [-0.15, -0.1) is 11.6 Å². The van der Waals surface area contributed by atoms with Gasteiger partial charge in [-0.05, 0) is 107 Å². The van der Waals surface area contributed by atoms with E-state index >= 15 is 0 Å². The average molecular weight is 1150 g/mol. The number of nitrogens with two attached hydrogens (primary N) is 1. The van der Waals surface area contributed by atoms with Crippen molar-refractivity contribution >= 4 is 102 Å². The molecule has 0 bridgehead atoms. The van der Waals surface area contributed by atoms with Crippen molar-refractivity contribution in [3.05, 3.63) is 121 Å². The fourth-order valence-electron chi connectivity index (χ4n) is 9.66. The van der Waals surface area contributed by atoms with Crippen molar-refractivity contribution in [2.75, 3.05) is 120 Å². The van der Waals surface area contributed by atoms with Crippen LogP contribution in [0, 0.1) is 0 Å². The molecule has 18 nitrogen and oxygen atoms in total. The molecule has 1 amide bonds. The molecule has 2 aliphatic heterocycles. The SMILES string of the molecule is C.C.O=C(Cl)CCl.[2H]C([2H])([2H])N(CCN(C)c1cc(OC)c(Nc2nccc(-c3cn4c5c(cccc35)CCC4)n2)cc1N)C([2H])([2H])[2H].[2H]C([2H])([2H])N(CCN(C)c1cc(OC)c(Nc2nccc(-c3cn4c5c(cccc35)CCC4)n2)cc1NC(=O)C=C)C([2H])([2H])[2H]. The van der Waals surface area contributed by atoms with Gasteiger partial charge in [0, 0.05) is 129 Å². The Kier molecular flexibility index (Phi) is 16.5. The predicted octanol–water partition coefficient (Wildman–Crippen LogP) is 11.6. The van der Waals surface area contributed by atoms with Gasteiger partial charge in [0.2, 0.25) is 23.0 Å². The first-order valence-corrected chi connectivity index (χ1v) is 26.1. The van der Waals surface area contributed by atoms with E-state index in [1.165, 1.54) is 36.4 Å². The van der Waals surface area contributed by atoms with E-state index in [2.05, 4.69) is 90.4 Å². The Labute approximate surface area is 503 Å². The summed E-state index contributed by atoms with van der Waals surface area (Å²) in [5.74, 6) is 0.967. The second-order valence-corrected chi connectivity index (χ2v) is 19.3. The topological polar surface area (TPSA) is 189 Å². The molecule has 0 fully saturated rings. The van der Waals surface area contributed by atoms with Crippen molar-refractivity contribution in [1.82, 2.24) is 38.9 Å². The zero-order chi connectivity index (χ0) is 66.3. The third-order valence-corrected chi connectivity index (χ3v) is 13.9. The predicted molar refractivity (Wildman–Crippen MR) is 337 cm³/mol. The number of aromatic nitrogens is 6. The number of benzene rings is 4. The highest BCUT2D eigenvalue weighted by molar-refractivity contribution is 6.67. The number of nitrogen functional groups attached to an aromatic ring is 1. The van der Waals surface area contributed by atoms with Crippen molar-refractivity contribution in [3.8, 4) is 34.0 Å². The first kappa shape index (κ1) is 46.8. The van der Waals surface area contributed by atoms with Crippen LogP contribution in [-0.4, -0.2) is 138 Å². The number of anilines is 8. The van der Waals surface area contributed by atoms with Crippen LogP contribution in [0.1, 0.15) is 55.3 Å². The molecular formula is C61H78Cl2N14O4. The van der Waals surface area contributed by atoms with Crippen LogP contribution < -0.4 is 41.0 Å². The summed E-state index contributed by atoms with van der Waals surface area (Å²) in [5.41, 5.74) is 17.9. The molecule has 0 saturated carbocycles. The molecule has 10 rings (SSSR count). The zero-order valence-electron chi connectivity index (χ0n) is 56.2. The molecule has 430 valence electrons. The first-order valence-electron chi connectivity index (χ1n) is 31.2. The highest BCUT2D eigenvalue weighted by atomic mass is 35.5. The van der Waals surface area contributed by atoms with E-state index in [0.29, 0.717) is 67.3 Å². The van der Waals surface area contributed by atoms with Crippen molar-refractivity contribution < 1.29 is 35.5 Å². The van der Waals surface area contributed by atoms with E-state index in [-0.39, 0.29) is 46.9 Å². The van der Waals surface area contributed by atoms with E-state index in [9.17, 15) is 9.59 Å². The van der Waals surface area contributed by atoms with Crippen LogP contribution >= 0.6 is 23.2 Å². The summed E-state index contributed by atoms with van der Waals surface area (Å²) >= 11 is 9.55. The Morgan fingerprint density at radius 3 is 1.64 bits per heavy atom. The number of hydrogen-bond donors (Lipinski definition) is 4. The minimum atomic E-state index is -2.82. The zero-order valence-corrected chi connectivity index (χ0v) is 45.8. The molecule has 8 aromatic rings. The molecule has 2 aliphatic rings. The van der Waals surface area contributed by atoms with Crippen LogP contribution in [0.3, 0.4) is 0 Å². The van der Waals surface area contributed by atoms with Gasteiger partial charge in [0.25, 0.3) is 0 Å². The van der Waals surface area contributed by atoms with Crippen molar-refractivity contribution in [2.45, 2.75) is 53.6 Å². The maximum Gasteiger partial charge on any atom is 0.247 e. The number of rotatable bonds is 19. The highest BCUT2D eigenvalue weighted by Gasteiger charge is 2.22. The second kappa shape index (κ2) is 28.5. The number of nitrogens with zero attached hydrogens (tertiary/aromatic N) is 10. The van der Waals surface area contributed by atoms with Crippen molar-refractivity contribution in [1.29, 1.82) is 0 Å². The lowest BCUT2D eigenvalue weighted by Gasteiger charge is -2.26. The van der Waals surface area contributed by atoms with Gasteiger partial charge in [0.15, 0.2) is 0 Å². The fourth-order valence-corrected chi connectivity index (χ4v) is 9.66. The van der Waals surface area contributed by atoms with Gasteiger partial charge >= 0.3 is 0 Å². The summed E-state index contributed by atoms with van der Waals surface area (Å²) in [4.78, 5) is 44.6. The van der Waals surface area contributed by atoms with Gasteiger partial charge in [-0.2, -0.15) is 0 Å². The standard InChI is InChI=1S/C30H35N7O2.C27H33N7O.C2H2Cl2O.2CH4/c1-6-28(38)32-24-17-25(27(39-5)18-26(24)36(4)16-15-35(2)3)34-30-31-13-12-23(33-30)22-19-37-14-8-10-20-9-7-11-21(22)29(20)37;1-32(2)13-14-33(3)24-16-25(35-4)23(15-21(24)28)31-27-29-11-10-22(30-27)20-17-34-12-6-8-18-7-5-9-19(20)26(18)34;3-1-2(4)5;;/h6-7,9,11-13,17-19H,1,8,10,14-16H2,2-5H3,(H,32,38)(H,31,33,34);5,7,9-11,15-17H,6,8,12-14,28H2,1-4H3,(H,29,30,31);1H2;2*1H4/i2D3,3D3;1D3,2D3;;;. The molecule has 20 heteroatoms. The summed E-state index contributed by atoms with van der Waals surface area (Å²) < 4.78 is 107. The Morgan fingerprint density at radius 1 is 0.716 bits per heavy atom. The number of carbonyl (C=O) groups excluding carboxylic acids is 2. The van der Waals surface area contributed by atoms with Crippen LogP contribution in [0.5, 0.6) is 11.5 Å². The summed E-state index contributed by atoms with van der Waals surface area (Å²) in [6.07, 6.45) is 13.1. The van der Waals surface area contributed by atoms with E-state index in [4.69, 9.17) is 64.8 Å². The fraction of sp³-hybridized carbons (Fsp3) is 0.344. The van der Waals surface area contributed by atoms with Crippen LogP contribution in [0.15, 0.2) is 110 Å². The first-order chi connectivity index (χ1) is 42.9. The van der Waals surface area contributed by atoms with Gasteiger partial charge in [0.05, 0.1) is 76.6 Å². The van der Waals surface area contributed by atoms with Crippen molar-refractivity contribution in [3.63, 3.8) is 0 Å². The third-order valence-electron chi connectivity index (χ3n) is 13.4. The summed E-state index contributed by atoms with van der Waals surface area (Å²) in [5, 5.41) is 11.0. The molecule has 0 radical (unpaired) electrons. The molecule has 0 saturated heterocycles. The van der Waals surface area contributed by atoms with E-state index in [1.54, 1.807) is 60.6 Å². The quantitative estimate of drug-likeness (QED) is 0.0259. The number of halogens is 2. The number of ether oxygens (including phenoxy) is 2. The monoisotopic (exact) mass is 1150 g/mol. The Balaban J connectivity index is 0.000000270. The molecule has 81 heavy (non-hydrogen) atoms. The minimum absolute atomic E-state index is 0. The molecule has 0 atom stereocenters. The number of aryl methyl sites for hydroxylation is 4. The summed E-state index contributed by atoms with van der Waals surface area (Å²) in [7, 11) is 6.38. The largest absolute Gasteiger partial charge is 0.494 e. The lowest BCUT2D eigenvalue weighted by Crippen LogP contribution is -2.29. The van der Waals surface area contributed by atoms with E-state index in [1.807, 2.05) is 12.1 Å². The summed E-state index contributed by atoms with van der Waals surface area (Å²) in [6.45, 7) is -6.09. The van der Waals surface area contributed by atoms with Gasteiger partial charge in [-0.3, -0.25) is 9.59 Å². The lowest BCUT2D eigenvalue weighted by molar-refractivity contribution is -0.112. The number of carbonyl (C=O) groups is 2. The molecule has 0 unspecified atom stereocenters. The number of likely N-dealkylation sites (N-methyl/N-ethyl adjacent to an activating group) is 4. The normalized spacial score (nSPS) is 14.8. The number of methoxy groups -OCH3 is 2. The lowest BCUT2D eigenvalue weighted by atomic mass is 10.0. The Morgan fingerprint density at radius 2 is 1.19 bits per heavy atom. The molecule has 5 N–H and O–H groups in total. The maximum absolute atomic E-state index is 12.4. The molecule has 6 heterocycles. The smallest absolute Gasteiger partial charge is 0.247 e. The van der Waals surface area contributed by atoms with E-state index < -0.39 is 39.1 Å². The molecule has 4 aromatic carbocycles. The van der Waals surface area contributed by atoms with Crippen LogP contribution in [0.4, 0.5) is 46.0 Å². The van der Waals surface area contributed by atoms with Gasteiger partial charge in [-0.1, -0.05) is 57.8 Å². The summed E-state index contributed by atoms with van der Waals surface area (Å²) in [6, 6.07) is 23.2. The molecule has 4 aromatic heterocycles. The number of hydrogen-bond acceptors (Lipinski definition) is 15. The molecule has 0 aliphatic carbocycles. The molecule has 0 spiro atoms. The Bertz CT molecular complexity index is 3910. The van der Waals surface area contributed by atoms with Gasteiger partial charge in [-0.25, -0.2) is 19.9 Å². The highest BCUT2D eigenvalue weighted by Crippen LogP contribution is 2.41. The van der Waals surface area contributed by atoms with Gasteiger partial charge in [0.1, 0.15) is 11.5 Å². The van der Waals surface area contributed by atoms with Gasteiger partial charge < -0.3 is 59.9 Å².